The molecule has 5 nitrogen and oxygen atoms in total. The number of benzene rings is 2. The van der Waals surface area contributed by atoms with Crippen molar-refractivity contribution in [3.8, 4) is 5.75 Å². The smallest absolute Gasteiger partial charge is 0.262 e. The van der Waals surface area contributed by atoms with E-state index in [1.165, 1.54) is 5.56 Å². The number of nitrogens with one attached hydrogen (secondary N) is 2. The van der Waals surface area contributed by atoms with E-state index in [0.717, 1.165) is 17.3 Å². The average molecular weight is 461 g/mol. The van der Waals surface area contributed by atoms with Gasteiger partial charge < -0.3 is 15.4 Å². The number of carbonyl (C=O) groups is 2. The Labute approximate surface area is 181 Å². The first-order valence-electron chi connectivity index (χ1n) is 9.97. The fraction of sp³-hybridized carbons (Fsp3) is 0.391. The predicted molar refractivity (Wildman–Crippen MR) is 121 cm³/mol. The van der Waals surface area contributed by atoms with Crippen LogP contribution in [0.25, 0.3) is 0 Å². The maximum absolute atomic E-state index is 12.5. The minimum atomic E-state index is -0.327. The van der Waals surface area contributed by atoms with E-state index < -0.39 is 0 Å². The third-order valence-corrected chi connectivity index (χ3v) is 5.55. The summed E-state index contributed by atoms with van der Waals surface area (Å²) in [5, 5.41) is 5.69. The van der Waals surface area contributed by atoms with E-state index in [1.807, 2.05) is 32.0 Å². The molecule has 0 aliphatic rings. The van der Waals surface area contributed by atoms with E-state index in [0.29, 0.717) is 22.9 Å². The standard InChI is InChI=1S/C23H29BrN2O3/c1-5-15(3)17-11-12-21(19(24)13-17)29-14-22(27)26-20-10-8-7-9-18(20)23(28)25-16(4)6-2/h7-13,15-16H,5-6,14H2,1-4H3,(H,25,28)(H,26,27). The second kappa shape index (κ2) is 11.0. The molecule has 6 heteroatoms. The number of amides is 2. The van der Waals surface area contributed by atoms with Crippen molar-refractivity contribution in [1.29, 1.82) is 0 Å². The lowest BCUT2D eigenvalue weighted by Gasteiger charge is -2.15. The summed E-state index contributed by atoms with van der Waals surface area (Å²) < 4.78 is 6.48. The molecule has 2 amide bonds. The quantitative estimate of drug-likeness (QED) is 0.518. The Morgan fingerprint density at radius 2 is 1.79 bits per heavy atom. The summed E-state index contributed by atoms with van der Waals surface area (Å²) in [5.41, 5.74) is 2.12. The van der Waals surface area contributed by atoms with Crippen molar-refractivity contribution in [2.75, 3.05) is 11.9 Å². The number of rotatable bonds is 9. The third kappa shape index (κ3) is 6.60. The summed E-state index contributed by atoms with van der Waals surface area (Å²) in [6.07, 6.45) is 1.89. The van der Waals surface area contributed by atoms with Gasteiger partial charge >= 0.3 is 0 Å². The lowest BCUT2D eigenvalue weighted by Crippen LogP contribution is -2.33. The van der Waals surface area contributed by atoms with Crippen molar-refractivity contribution in [2.24, 2.45) is 0 Å². The van der Waals surface area contributed by atoms with Gasteiger partial charge in [0.25, 0.3) is 11.8 Å². The van der Waals surface area contributed by atoms with Crippen LogP contribution in [0.5, 0.6) is 5.75 Å². The molecule has 0 saturated carbocycles. The molecule has 2 rings (SSSR count). The Kier molecular flexibility index (Phi) is 8.70. The lowest BCUT2D eigenvalue weighted by atomic mass is 9.99. The molecule has 0 bridgehead atoms. The average Bonchev–Trinajstić information content (AvgIpc) is 2.72. The molecule has 0 aliphatic heterocycles. The topological polar surface area (TPSA) is 67.4 Å². The summed E-state index contributed by atoms with van der Waals surface area (Å²) in [6, 6.07) is 12.9. The minimum Gasteiger partial charge on any atom is -0.483 e. The highest BCUT2D eigenvalue weighted by molar-refractivity contribution is 9.10. The van der Waals surface area contributed by atoms with Crippen LogP contribution in [0.4, 0.5) is 5.69 Å². The summed E-state index contributed by atoms with van der Waals surface area (Å²) >= 11 is 3.51. The Bertz CT molecular complexity index is 854. The maximum Gasteiger partial charge on any atom is 0.262 e. The van der Waals surface area contributed by atoms with Gasteiger partial charge in [0, 0.05) is 6.04 Å². The van der Waals surface area contributed by atoms with E-state index in [9.17, 15) is 9.59 Å². The second-order valence-corrected chi connectivity index (χ2v) is 8.02. The van der Waals surface area contributed by atoms with Crippen molar-refractivity contribution < 1.29 is 14.3 Å². The third-order valence-electron chi connectivity index (χ3n) is 4.93. The van der Waals surface area contributed by atoms with Crippen LogP contribution in [0.3, 0.4) is 0 Å². The Balaban J connectivity index is 2.01. The molecule has 2 aromatic carbocycles. The van der Waals surface area contributed by atoms with Crippen LogP contribution in [-0.4, -0.2) is 24.5 Å². The van der Waals surface area contributed by atoms with Crippen LogP contribution in [0, 0.1) is 0 Å². The lowest BCUT2D eigenvalue weighted by molar-refractivity contribution is -0.118. The van der Waals surface area contributed by atoms with E-state index in [-0.39, 0.29) is 24.5 Å². The SMILES string of the molecule is CCC(C)NC(=O)c1ccccc1NC(=O)COc1ccc(C(C)CC)cc1Br. The van der Waals surface area contributed by atoms with Crippen molar-refractivity contribution in [3.63, 3.8) is 0 Å². The van der Waals surface area contributed by atoms with Crippen LogP contribution in [0.1, 0.15) is 62.4 Å². The highest BCUT2D eigenvalue weighted by Crippen LogP contribution is 2.30. The molecular weight excluding hydrogens is 432 g/mol. The molecule has 2 atom stereocenters. The van der Waals surface area contributed by atoms with E-state index in [1.54, 1.807) is 24.3 Å². The van der Waals surface area contributed by atoms with E-state index >= 15 is 0 Å². The number of ether oxygens (including phenoxy) is 1. The van der Waals surface area contributed by atoms with E-state index in [2.05, 4.69) is 40.4 Å². The molecule has 29 heavy (non-hydrogen) atoms. The first-order chi connectivity index (χ1) is 13.8. The number of carbonyl (C=O) groups excluding carboxylic acids is 2. The second-order valence-electron chi connectivity index (χ2n) is 7.16. The number of hydrogen-bond acceptors (Lipinski definition) is 3. The molecule has 0 aliphatic carbocycles. The monoisotopic (exact) mass is 460 g/mol. The number of anilines is 1. The molecule has 2 unspecified atom stereocenters. The molecule has 0 fully saturated rings. The van der Waals surface area contributed by atoms with Gasteiger partial charge in [-0.2, -0.15) is 0 Å². The number of halogens is 1. The van der Waals surface area contributed by atoms with Crippen molar-refractivity contribution in [1.82, 2.24) is 5.32 Å². The van der Waals surface area contributed by atoms with Crippen LogP contribution < -0.4 is 15.4 Å². The zero-order valence-electron chi connectivity index (χ0n) is 17.4. The van der Waals surface area contributed by atoms with Gasteiger partial charge in [-0.1, -0.05) is 39.0 Å². The summed E-state index contributed by atoms with van der Waals surface area (Å²) in [5.74, 6) is 0.531. The van der Waals surface area contributed by atoms with Crippen molar-refractivity contribution >= 4 is 33.4 Å². The van der Waals surface area contributed by atoms with Gasteiger partial charge in [0.1, 0.15) is 5.75 Å². The minimum absolute atomic E-state index is 0.0605. The fourth-order valence-electron chi connectivity index (χ4n) is 2.70. The Hall–Kier alpha value is -2.34. The van der Waals surface area contributed by atoms with Crippen molar-refractivity contribution in [3.05, 3.63) is 58.1 Å². The summed E-state index contributed by atoms with van der Waals surface area (Å²) in [7, 11) is 0. The zero-order valence-corrected chi connectivity index (χ0v) is 19.0. The van der Waals surface area contributed by atoms with Crippen LogP contribution in [0.15, 0.2) is 46.9 Å². The molecule has 156 valence electrons. The zero-order chi connectivity index (χ0) is 21.4. The van der Waals surface area contributed by atoms with Gasteiger partial charge in [-0.05, 0) is 71.4 Å². The maximum atomic E-state index is 12.5. The van der Waals surface area contributed by atoms with Crippen LogP contribution >= 0.6 is 15.9 Å². The predicted octanol–water partition coefficient (Wildman–Crippen LogP) is 5.51. The highest BCUT2D eigenvalue weighted by atomic mass is 79.9. The van der Waals surface area contributed by atoms with Gasteiger partial charge in [-0.25, -0.2) is 0 Å². The number of hydrogen-bond donors (Lipinski definition) is 2. The van der Waals surface area contributed by atoms with Crippen LogP contribution in [-0.2, 0) is 4.79 Å². The van der Waals surface area contributed by atoms with Gasteiger partial charge in [-0.15, -0.1) is 0 Å². The van der Waals surface area contributed by atoms with Crippen LogP contribution in [0.2, 0.25) is 0 Å². The van der Waals surface area contributed by atoms with E-state index in [4.69, 9.17) is 4.74 Å². The molecular formula is C23H29BrN2O3. The first-order valence-corrected chi connectivity index (χ1v) is 10.8. The fourth-order valence-corrected chi connectivity index (χ4v) is 3.21. The van der Waals surface area contributed by atoms with Gasteiger partial charge in [0.15, 0.2) is 6.61 Å². The highest BCUT2D eigenvalue weighted by Gasteiger charge is 2.15. The molecule has 0 spiro atoms. The molecule has 2 aromatic rings. The van der Waals surface area contributed by atoms with Gasteiger partial charge in [0.05, 0.1) is 15.7 Å². The molecule has 0 heterocycles. The number of para-hydroxylation sites is 1. The largest absolute Gasteiger partial charge is 0.483 e. The molecule has 0 radical (unpaired) electrons. The normalized spacial score (nSPS) is 12.7. The molecule has 2 N–H and O–H groups in total. The summed E-state index contributed by atoms with van der Waals surface area (Å²) in [4.78, 5) is 24.8. The Morgan fingerprint density at radius 3 is 2.45 bits per heavy atom. The molecule has 0 saturated heterocycles. The molecule has 0 aromatic heterocycles. The first kappa shape index (κ1) is 22.9. The summed E-state index contributed by atoms with van der Waals surface area (Å²) in [6.45, 7) is 8.11. The Morgan fingerprint density at radius 1 is 1.07 bits per heavy atom. The van der Waals surface area contributed by atoms with Crippen molar-refractivity contribution in [2.45, 2.75) is 52.5 Å². The van der Waals surface area contributed by atoms with Gasteiger partial charge in [-0.3, -0.25) is 9.59 Å². The van der Waals surface area contributed by atoms with Gasteiger partial charge in [0.2, 0.25) is 0 Å².